The Labute approximate surface area is 143 Å². The van der Waals surface area contributed by atoms with Crippen molar-refractivity contribution < 1.29 is 0 Å². The van der Waals surface area contributed by atoms with E-state index in [2.05, 4.69) is 22.1 Å². The van der Waals surface area contributed by atoms with Crippen molar-refractivity contribution in [2.75, 3.05) is 24.5 Å². The van der Waals surface area contributed by atoms with Crippen LogP contribution in [0.2, 0.25) is 0 Å². The molecular weight excluding hydrogens is 298 g/mol. The second-order valence-corrected chi connectivity index (χ2v) is 6.78. The number of pyridine rings is 1. The molecule has 1 aliphatic heterocycles. The lowest BCUT2D eigenvalue weighted by atomic mass is 10.1. The zero-order valence-electron chi connectivity index (χ0n) is 14.3. The summed E-state index contributed by atoms with van der Waals surface area (Å²) in [6.45, 7) is 5.36. The van der Waals surface area contributed by atoms with Crippen LogP contribution in [0.4, 0.5) is 5.82 Å². The van der Waals surface area contributed by atoms with E-state index < -0.39 is 0 Å². The highest BCUT2D eigenvalue weighted by Crippen LogP contribution is 2.31. The van der Waals surface area contributed by atoms with Gasteiger partial charge in [-0.3, -0.25) is 4.98 Å². The first-order valence-electron chi connectivity index (χ1n) is 9.13. The highest BCUT2D eigenvalue weighted by molar-refractivity contribution is 5.61. The molecule has 5 nitrogen and oxygen atoms in total. The summed E-state index contributed by atoms with van der Waals surface area (Å²) < 4.78 is 0. The minimum Gasteiger partial charge on any atom is -0.353 e. The van der Waals surface area contributed by atoms with Gasteiger partial charge in [-0.25, -0.2) is 9.97 Å². The van der Waals surface area contributed by atoms with Crippen molar-refractivity contribution in [2.24, 2.45) is 0 Å². The molecule has 0 bridgehead atoms. The van der Waals surface area contributed by atoms with Gasteiger partial charge in [0.1, 0.15) is 5.82 Å². The second kappa shape index (κ2) is 6.85. The number of nitrogens with zero attached hydrogens (tertiary/aromatic N) is 4. The summed E-state index contributed by atoms with van der Waals surface area (Å²) in [4.78, 5) is 16.5. The normalized spacial score (nSPS) is 20.2. The predicted molar refractivity (Wildman–Crippen MR) is 96.2 cm³/mol. The van der Waals surface area contributed by atoms with Crippen molar-refractivity contribution >= 4 is 5.82 Å². The van der Waals surface area contributed by atoms with Gasteiger partial charge in [0.2, 0.25) is 0 Å². The first-order valence-corrected chi connectivity index (χ1v) is 9.13. The fourth-order valence-corrected chi connectivity index (χ4v) is 3.86. The Kier molecular flexibility index (Phi) is 4.43. The zero-order valence-corrected chi connectivity index (χ0v) is 14.3. The van der Waals surface area contributed by atoms with E-state index in [1.165, 1.54) is 36.3 Å². The van der Waals surface area contributed by atoms with Crippen molar-refractivity contribution in [3.8, 4) is 11.4 Å². The molecule has 0 spiro atoms. The first kappa shape index (κ1) is 15.5. The first-order chi connectivity index (χ1) is 11.8. The molecule has 24 heavy (non-hydrogen) atoms. The van der Waals surface area contributed by atoms with E-state index in [9.17, 15) is 0 Å². The average Bonchev–Trinajstić information content (AvgIpc) is 3.11. The minimum atomic E-state index is 0.567. The molecular formula is C19H25N5. The lowest BCUT2D eigenvalue weighted by molar-refractivity contribution is 0.428. The highest BCUT2D eigenvalue weighted by atomic mass is 15.3. The molecule has 0 saturated carbocycles. The summed E-state index contributed by atoms with van der Waals surface area (Å²) >= 11 is 0. The van der Waals surface area contributed by atoms with Gasteiger partial charge in [0.05, 0.1) is 0 Å². The van der Waals surface area contributed by atoms with E-state index in [-0.39, 0.29) is 0 Å². The number of aromatic nitrogens is 3. The molecule has 5 heteroatoms. The smallest absolute Gasteiger partial charge is 0.163 e. The van der Waals surface area contributed by atoms with Crippen LogP contribution in [-0.4, -0.2) is 40.6 Å². The van der Waals surface area contributed by atoms with Gasteiger partial charge < -0.3 is 10.2 Å². The van der Waals surface area contributed by atoms with Crippen LogP contribution in [0.1, 0.15) is 37.4 Å². The number of fused-ring (bicyclic) bond motifs is 1. The van der Waals surface area contributed by atoms with Crippen LogP contribution in [0, 0.1) is 0 Å². The molecule has 3 heterocycles. The number of nitrogens with one attached hydrogen (secondary N) is 1. The highest BCUT2D eigenvalue weighted by Gasteiger charge is 2.26. The van der Waals surface area contributed by atoms with E-state index in [1.54, 1.807) is 6.20 Å². The molecule has 0 aromatic carbocycles. The third-order valence-corrected chi connectivity index (χ3v) is 5.02. The van der Waals surface area contributed by atoms with Gasteiger partial charge in [-0.2, -0.15) is 0 Å². The van der Waals surface area contributed by atoms with Crippen LogP contribution in [0.5, 0.6) is 0 Å². The number of hydrogen-bond acceptors (Lipinski definition) is 5. The molecule has 1 fully saturated rings. The van der Waals surface area contributed by atoms with Crippen LogP contribution >= 0.6 is 0 Å². The molecule has 1 aliphatic carbocycles. The third kappa shape index (κ3) is 3.00. The number of rotatable bonds is 4. The van der Waals surface area contributed by atoms with Gasteiger partial charge in [0.25, 0.3) is 0 Å². The molecule has 2 aliphatic rings. The van der Waals surface area contributed by atoms with Crippen molar-refractivity contribution in [1.29, 1.82) is 0 Å². The fourth-order valence-electron chi connectivity index (χ4n) is 3.86. The van der Waals surface area contributed by atoms with E-state index in [1.807, 2.05) is 18.3 Å². The Hall–Kier alpha value is -2.01. The van der Waals surface area contributed by atoms with Crippen molar-refractivity contribution in [3.63, 3.8) is 0 Å². The third-order valence-electron chi connectivity index (χ3n) is 5.02. The van der Waals surface area contributed by atoms with E-state index in [4.69, 9.17) is 9.97 Å². The summed E-state index contributed by atoms with van der Waals surface area (Å²) in [5.74, 6) is 1.99. The number of aryl methyl sites for hydroxylation is 1. The predicted octanol–water partition coefficient (Wildman–Crippen LogP) is 2.61. The van der Waals surface area contributed by atoms with Crippen LogP contribution < -0.4 is 10.2 Å². The maximum absolute atomic E-state index is 4.98. The number of hydrogen-bond donors (Lipinski definition) is 1. The SMILES string of the molecule is CCCC1CN(c2nc(-c3cccnc3)nc3c2CCC3)CCN1. The molecule has 2 aromatic rings. The number of piperazine rings is 1. The zero-order chi connectivity index (χ0) is 16.4. The quantitative estimate of drug-likeness (QED) is 0.937. The molecule has 0 amide bonds. The van der Waals surface area contributed by atoms with Crippen LogP contribution in [0.25, 0.3) is 11.4 Å². The number of anilines is 1. The lowest BCUT2D eigenvalue weighted by Crippen LogP contribution is -2.51. The summed E-state index contributed by atoms with van der Waals surface area (Å²) in [5, 5.41) is 3.64. The Bertz CT molecular complexity index is 698. The molecule has 1 saturated heterocycles. The monoisotopic (exact) mass is 323 g/mol. The van der Waals surface area contributed by atoms with Gasteiger partial charge >= 0.3 is 0 Å². The van der Waals surface area contributed by atoms with Crippen LogP contribution in [0.3, 0.4) is 0 Å². The molecule has 4 rings (SSSR count). The Morgan fingerprint density at radius 1 is 1.29 bits per heavy atom. The van der Waals surface area contributed by atoms with Crippen LogP contribution in [-0.2, 0) is 12.8 Å². The van der Waals surface area contributed by atoms with Crippen molar-refractivity contribution in [2.45, 2.75) is 45.1 Å². The summed E-state index contributed by atoms with van der Waals surface area (Å²) in [7, 11) is 0. The molecule has 1 unspecified atom stereocenters. The standard InChI is InChI=1S/C19H25N5/c1-2-5-15-13-24(11-10-21-15)19-16-7-3-8-17(16)22-18(23-19)14-6-4-9-20-12-14/h4,6,9,12,15,21H,2-3,5,7-8,10-11,13H2,1H3. The summed E-state index contributed by atoms with van der Waals surface area (Å²) in [6.07, 6.45) is 9.47. The van der Waals surface area contributed by atoms with Gasteiger partial charge in [0.15, 0.2) is 5.82 Å². The Balaban J connectivity index is 1.70. The molecule has 0 radical (unpaired) electrons. The van der Waals surface area contributed by atoms with E-state index in [0.29, 0.717) is 6.04 Å². The summed E-state index contributed by atoms with van der Waals surface area (Å²) in [5.41, 5.74) is 3.62. The Morgan fingerprint density at radius 2 is 2.25 bits per heavy atom. The van der Waals surface area contributed by atoms with Crippen LogP contribution in [0.15, 0.2) is 24.5 Å². The Morgan fingerprint density at radius 3 is 3.08 bits per heavy atom. The van der Waals surface area contributed by atoms with Gasteiger partial charge in [-0.1, -0.05) is 13.3 Å². The maximum atomic E-state index is 4.98. The minimum absolute atomic E-state index is 0.567. The average molecular weight is 323 g/mol. The fraction of sp³-hybridized carbons (Fsp3) is 0.526. The molecule has 126 valence electrons. The van der Waals surface area contributed by atoms with Crippen molar-refractivity contribution in [1.82, 2.24) is 20.3 Å². The molecule has 1 N–H and O–H groups in total. The summed E-state index contributed by atoms with van der Waals surface area (Å²) in [6, 6.07) is 4.57. The molecule has 1 atom stereocenters. The lowest BCUT2D eigenvalue weighted by Gasteiger charge is -2.35. The van der Waals surface area contributed by atoms with Gasteiger partial charge in [-0.15, -0.1) is 0 Å². The second-order valence-electron chi connectivity index (χ2n) is 6.78. The van der Waals surface area contributed by atoms with E-state index >= 15 is 0 Å². The van der Waals surface area contributed by atoms with E-state index in [0.717, 1.165) is 43.9 Å². The van der Waals surface area contributed by atoms with Gasteiger partial charge in [0, 0.05) is 54.9 Å². The molecule has 2 aromatic heterocycles. The topological polar surface area (TPSA) is 53.9 Å². The maximum Gasteiger partial charge on any atom is 0.163 e. The van der Waals surface area contributed by atoms with Crippen molar-refractivity contribution in [3.05, 3.63) is 35.8 Å². The van der Waals surface area contributed by atoms with Gasteiger partial charge in [-0.05, 0) is 37.8 Å². The largest absolute Gasteiger partial charge is 0.353 e.